The maximum absolute atomic E-state index is 12.5. The number of carbonyl (C=O) groups excluding carboxylic acids is 1. The second-order valence-corrected chi connectivity index (χ2v) is 5.53. The molecule has 1 aliphatic heterocycles. The molecule has 1 amide bonds. The van der Waals surface area contributed by atoms with Crippen LogP contribution in [0.15, 0.2) is 36.0 Å². The molecule has 0 spiro atoms. The van der Waals surface area contributed by atoms with Crippen LogP contribution >= 0.6 is 11.3 Å². The summed E-state index contributed by atoms with van der Waals surface area (Å²) in [5.74, 6) is -1.29. The molecule has 0 saturated heterocycles. The Hall–Kier alpha value is -2.21. The molecule has 1 unspecified atom stereocenters. The number of rotatable bonds is 2. The van der Waals surface area contributed by atoms with E-state index in [2.05, 4.69) is 4.98 Å². The van der Waals surface area contributed by atoms with Gasteiger partial charge < -0.3 is 10.0 Å². The van der Waals surface area contributed by atoms with Gasteiger partial charge in [0.1, 0.15) is 0 Å². The van der Waals surface area contributed by atoms with Crippen LogP contribution in [0.3, 0.4) is 0 Å². The van der Waals surface area contributed by atoms with E-state index < -0.39 is 12.0 Å². The predicted octanol–water partition coefficient (Wildman–Crippen LogP) is 1.97. The molecule has 5 nitrogen and oxygen atoms in total. The highest BCUT2D eigenvalue weighted by Crippen LogP contribution is 2.34. The van der Waals surface area contributed by atoms with E-state index in [0.29, 0.717) is 18.5 Å². The summed E-state index contributed by atoms with van der Waals surface area (Å²) in [6.45, 7) is 0.415. The number of nitrogens with zero attached hydrogens (tertiary/aromatic N) is 2. The van der Waals surface area contributed by atoms with Crippen molar-refractivity contribution in [2.24, 2.45) is 0 Å². The molecule has 1 N–H and O–H groups in total. The smallest absolute Gasteiger partial charge is 0.331 e. The van der Waals surface area contributed by atoms with Crippen molar-refractivity contribution < 1.29 is 14.7 Å². The number of amides is 1. The number of hydrogen-bond acceptors (Lipinski definition) is 4. The highest BCUT2D eigenvalue weighted by Gasteiger charge is 2.36. The fourth-order valence-electron chi connectivity index (χ4n) is 2.46. The van der Waals surface area contributed by atoms with Crippen LogP contribution in [0.1, 0.15) is 26.8 Å². The van der Waals surface area contributed by atoms with Crippen molar-refractivity contribution >= 4 is 23.2 Å². The molecule has 2 aromatic heterocycles. The van der Waals surface area contributed by atoms with E-state index in [1.165, 1.54) is 11.1 Å². The first-order valence-corrected chi connectivity index (χ1v) is 7.06. The van der Waals surface area contributed by atoms with Gasteiger partial charge >= 0.3 is 5.97 Å². The molecule has 0 aliphatic carbocycles. The van der Waals surface area contributed by atoms with E-state index in [9.17, 15) is 14.7 Å². The van der Waals surface area contributed by atoms with E-state index in [0.717, 1.165) is 10.4 Å². The first kappa shape index (κ1) is 12.8. The van der Waals surface area contributed by atoms with E-state index >= 15 is 0 Å². The summed E-state index contributed by atoms with van der Waals surface area (Å²) >= 11 is 1.54. The second-order valence-electron chi connectivity index (χ2n) is 4.53. The number of aliphatic carboxylic acids is 1. The summed E-state index contributed by atoms with van der Waals surface area (Å²) in [5, 5.41) is 11.3. The SMILES string of the molecule is O=C(O)C1c2ccsc2CCN1C(=O)c1cccnc1. The van der Waals surface area contributed by atoms with Gasteiger partial charge in [-0.3, -0.25) is 9.78 Å². The van der Waals surface area contributed by atoms with E-state index in [1.54, 1.807) is 35.7 Å². The molecule has 0 saturated carbocycles. The summed E-state index contributed by atoms with van der Waals surface area (Å²) in [4.78, 5) is 30.4. The second kappa shape index (κ2) is 5.05. The Bertz CT molecular complexity index is 653. The molecular weight excluding hydrogens is 276 g/mol. The third-order valence-electron chi connectivity index (χ3n) is 3.37. The standard InChI is InChI=1S/C14H12N2O3S/c17-13(9-2-1-5-15-8-9)16-6-3-11-10(4-7-20-11)12(16)14(18)19/h1-2,4-5,7-8,12H,3,6H2,(H,18,19). The quantitative estimate of drug-likeness (QED) is 0.917. The van der Waals surface area contributed by atoms with E-state index in [1.807, 2.05) is 5.38 Å². The normalized spacial score (nSPS) is 17.6. The van der Waals surface area contributed by atoms with Gasteiger partial charge in [-0.25, -0.2) is 4.79 Å². The molecule has 0 radical (unpaired) electrons. The van der Waals surface area contributed by atoms with Gasteiger partial charge in [0.25, 0.3) is 5.91 Å². The predicted molar refractivity (Wildman–Crippen MR) is 73.7 cm³/mol. The van der Waals surface area contributed by atoms with Crippen molar-refractivity contribution in [1.29, 1.82) is 0 Å². The fourth-order valence-corrected chi connectivity index (χ4v) is 3.36. The molecular formula is C14H12N2O3S. The van der Waals surface area contributed by atoms with Crippen LogP contribution in [0, 0.1) is 0 Å². The number of carbonyl (C=O) groups is 2. The van der Waals surface area contributed by atoms with Crippen molar-refractivity contribution in [1.82, 2.24) is 9.88 Å². The number of fused-ring (bicyclic) bond motifs is 1. The summed E-state index contributed by atoms with van der Waals surface area (Å²) in [5.41, 5.74) is 1.14. The molecule has 2 aromatic rings. The Labute approximate surface area is 119 Å². The van der Waals surface area contributed by atoms with Gasteiger partial charge in [-0.1, -0.05) is 0 Å². The minimum Gasteiger partial charge on any atom is -0.479 e. The van der Waals surface area contributed by atoms with Gasteiger partial charge in [0.2, 0.25) is 0 Å². The van der Waals surface area contributed by atoms with Crippen LogP contribution in [-0.2, 0) is 11.2 Å². The number of carboxylic acid groups (broad SMARTS) is 1. The van der Waals surface area contributed by atoms with Crippen LogP contribution in [-0.4, -0.2) is 33.4 Å². The Morgan fingerprint density at radius 1 is 1.40 bits per heavy atom. The van der Waals surface area contributed by atoms with Crippen LogP contribution in [0.2, 0.25) is 0 Å². The number of hydrogen-bond donors (Lipinski definition) is 1. The number of aromatic nitrogens is 1. The lowest BCUT2D eigenvalue weighted by Gasteiger charge is -2.33. The van der Waals surface area contributed by atoms with Gasteiger partial charge in [-0.05, 0) is 35.6 Å². The van der Waals surface area contributed by atoms with Crippen LogP contribution in [0.25, 0.3) is 0 Å². The number of thiophene rings is 1. The average molecular weight is 288 g/mol. The van der Waals surface area contributed by atoms with Crippen LogP contribution < -0.4 is 0 Å². The zero-order chi connectivity index (χ0) is 14.1. The molecule has 6 heteroatoms. The molecule has 1 aliphatic rings. The maximum atomic E-state index is 12.5. The molecule has 0 bridgehead atoms. The van der Waals surface area contributed by atoms with Crippen molar-refractivity contribution in [3.8, 4) is 0 Å². The zero-order valence-corrected chi connectivity index (χ0v) is 11.3. The van der Waals surface area contributed by atoms with Crippen LogP contribution in [0.4, 0.5) is 0 Å². The Kier molecular flexibility index (Phi) is 3.23. The monoisotopic (exact) mass is 288 g/mol. The lowest BCUT2D eigenvalue weighted by Crippen LogP contribution is -2.43. The summed E-state index contributed by atoms with van der Waals surface area (Å²) in [6, 6.07) is 4.21. The number of pyridine rings is 1. The van der Waals surface area contributed by atoms with Gasteiger partial charge in [-0.2, -0.15) is 0 Å². The van der Waals surface area contributed by atoms with Crippen molar-refractivity contribution in [3.63, 3.8) is 0 Å². The van der Waals surface area contributed by atoms with Gasteiger partial charge in [0, 0.05) is 23.8 Å². The third-order valence-corrected chi connectivity index (χ3v) is 4.37. The number of carboxylic acids is 1. The van der Waals surface area contributed by atoms with Crippen molar-refractivity contribution in [3.05, 3.63) is 52.0 Å². The van der Waals surface area contributed by atoms with Gasteiger partial charge in [0.15, 0.2) is 6.04 Å². The molecule has 0 fully saturated rings. The molecule has 0 aromatic carbocycles. The molecule has 20 heavy (non-hydrogen) atoms. The Balaban J connectivity index is 1.98. The van der Waals surface area contributed by atoms with Gasteiger partial charge in [-0.15, -0.1) is 11.3 Å². The summed E-state index contributed by atoms with van der Waals surface area (Å²) in [7, 11) is 0. The molecule has 1 atom stereocenters. The largest absolute Gasteiger partial charge is 0.479 e. The van der Waals surface area contributed by atoms with Crippen molar-refractivity contribution in [2.45, 2.75) is 12.5 Å². The molecule has 3 rings (SSSR count). The van der Waals surface area contributed by atoms with E-state index in [4.69, 9.17) is 0 Å². The minimum absolute atomic E-state index is 0.289. The minimum atomic E-state index is -0.999. The van der Waals surface area contributed by atoms with Crippen molar-refractivity contribution in [2.75, 3.05) is 6.54 Å². The summed E-state index contributed by atoms with van der Waals surface area (Å²) < 4.78 is 0. The van der Waals surface area contributed by atoms with Gasteiger partial charge in [0.05, 0.1) is 5.56 Å². The zero-order valence-electron chi connectivity index (χ0n) is 10.5. The Morgan fingerprint density at radius 2 is 2.25 bits per heavy atom. The molecule has 3 heterocycles. The summed E-state index contributed by atoms with van der Waals surface area (Å²) in [6.07, 6.45) is 3.74. The highest BCUT2D eigenvalue weighted by molar-refractivity contribution is 7.10. The van der Waals surface area contributed by atoms with E-state index in [-0.39, 0.29) is 5.91 Å². The highest BCUT2D eigenvalue weighted by atomic mass is 32.1. The maximum Gasteiger partial charge on any atom is 0.331 e. The lowest BCUT2D eigenvalue weighted by molar-refractivity contribution is -0.142. The fraction of sp³-hybridized carbons (Fsp3) is 0.214. The lowest BCUT2D eigenvalue weighted by atomic mass is 9.99. The average Bonchev–Trinajstić information content (AvgIpc) is 2.94. The third kappa shape index (κ3) is 2.08. The Morgan fingerprint density at radius 3 is 2.95 bits per heavy atom. The topological polar surface area (TPSA) is 70.5 Å². The molecule has 102 valence electrons. The van der Waals surface area contributed by atoms with Crippen LogP contribution in [0.5, 0.6) is 0 Å². The first-order valence-electron chi connectivity index (χ1n) is 6.18. The first-order chi connectivity index (χ1) is 9.68.